The summed E-state index contributed by atoms with van der Waals surface area (Å²) >= 11 is 3.41. The van der Waals surface area contributed by atoms with Crippen LogP contribution in [0.25, 0.3) is 22.4 Å². The number of hydrogen-bond acceptors (Lipinski definition) is 5. The Kier molecular flexibility index (Phi) is 6.75. The molecule has 33 heavy (non-hydrogen) atoms. The van der Waals surface area contributed by atoms with Gasteiger partial charge in [-0.2, -0.15) is 10.2 Å². The maximum Gasteiger partial charge on any atom is 0.277 e. The van der Waals surface area contributed by atoms with Crippen LogP contribution in [-0.4, -0.2) is 29.4 Å². The highest BCUT2D eigenvalue weighted by Crippen LogP contribution is 2.31. The summed E-state index contributed by atoms with van der Waals surface area (Å²) in [5.41, 5.74) is 4.93. The van der Waals surface area contributed by atoms with Crippen LogP contribution >= 0.6 is 15.9 Å². The molecule has 0 radical (unpaired) electrons. The molecule has 8 heteroatoms. The van der Waals surface area contributed by atoms with Crippen molar-refractivity contribution in [2.45, 2.75) is 0 Å². The largest absolute Gasteiger partial charge is 0.496 e. The van der Waals surface area contributed by atoms with Crippen molar-refractivity contribution in [1.82, 2.24) is 15.6 Å². The fourth-order valence-electron chi connectivity index (χ4n) is 3.34. The Hall–Kier alpha value is -4.04. The van der Waals surface area contributed by atoms with Crippen molar-refractivity contribution in [3.05, 3.63) is 105 Å². The molecule has 0 aliphatic carbocycles. The van der Waals surface area contributed by atoms with Crippen LogP contribution in [-0.2, 0) is 0 Å². The highest BCUT2D eigenvalue weighted by molar-refractivity contribution is 9.10. The van der Waals surface area contributed by atoms with Gasteiger partial charge in [-0.3, -0.25) is 9.59 Å². The third kappa shape index (κ3) is 4.91. The van der Waals surface area contributed by atoms with Gasteiger partial charge in [-0.05, 0) is 45.3 Å². The first-order valence-electron chi connectivity index (χ1n) is 9.99. The van der Waals surface area contributed by atoms with Gasteiger partial charge in [0.25, 0.3) is 11.5 Å². The summed E-state index contributed by atoms with van der Waals surface area (Å²) in [4.78, 5) is 25.8. The zero-order valence-electron chi connectivity index (χ0n) is 17.6. The van der Waals surface area contributed by atoms with Crippen molar-refractivity contribution >= 4 is 28.1 Å². The molecule has 1 aromatic heterocycles. The molecule has 164 valence electrons. The average Bonchev–Trinajstić information content (AvgIpc) is 2.85. The van der Waals surface area contributed by atoms with Gasteiger partial charge >= 0.3 is 0 Å². The highest BCUT2D eigenvalue weighted by Gasteiger charge is 2.22. The quantitative estimate of drug-likeness (QED) is 0.296. The number of hydrogen-bond donors (Lipinski definition) is 2. The molecule has 0 fully saturated rings. The van der Waals surface area contributed by atoms with Crippen molar-refractivity contribution in [2.24, 2.45) is 5.10 Å². The van der Waals surface area contributed by atoms with Crippen molar-refractivity contribution in [3.63, 3.8) is 0 Å². The van der Waals surface area contributed by atoms with Gasteiger partial charge in [0.1, 0.15) is 11.3 Å². The number of H-pyrrole nitrogens is 1. The van der Waals surface area contributed by atoms with Crippen molar-refractivity contribution in [2.75, 3.05) is 7.11 Å². The number of halogens is 1. The Balaban J connectivity index is 1.73. The number of aromatic nitrogens is 2. The molecule has 0 bridgehead atoms. The minimum absolute atomic E-state index is 0.0666. The van der Waals surface area contributed by atoms with Gasteiger partial charge in [0, 0.05) is 11.1 Å². The van der Waals surface area contributed by atoms with Gasteiger partial charge in [0.2, 0.25) is 0 Å². The summed E-state index contributed by atoms with van der Waals surface area (Å²) in [7, 11) is 1.58. The smallest absolute Gasteiger partial charge is 0.277 e. The third-order valence-electron chi connectivity index (χ3n) is 4.88. The van der Waals surface area contributed by atoms with Gasteiger partial charge in [0.15, 0.2) is 0 Å². The first kappa shape index (κ1) is 22.2. The van der Waals surface area contributed by atoms with E-state index in [-0.39, 0.29) is 5.56 Å². The molecule has 0 saturated carbocycles. The summed E-state index contributed by atoms with van der Waals surface area (Å²) in [5.74, 6) is 0.0407. The summed E-state index contributed by atoms with van der Waals surface area (Å²) in [6.45, 7) is 0. The second-order valence-electron chi connectivity index (χ2n) is 6.98. The van der Waals surface area contributed by atoms with Gasteiger partial charge in [-0.15, -0.1) is 0 Å². The lowest BCUT2D eigenvalue weighted by Gasteiger charge is -2.12. The van der Waals surface area contributed by atoms with Crippen LogP contribution in [0.15, 0.2) is 93.2 Å². The van der Waals surface area contributed by atoms with Crippen LogP contribution in [0.2, 0.25) is 0 Å². The van der Waals surface area contributed by atoms with E-state index < -0.39 is 11.5 Å². The van der Waals surface area contributed by atoms with Gasteiger partial charge < -0.3 is 4.74 Å². The number of carbonyl (C=O) groups excluding carboxylic acids is 1. The Morgan fingerprint density at radius 2 is 1.70 bits per heavy atom. The SMILES string of the molecule is COc1ccc(/C=N/NC(=O)c2c(-c3ccccc3)c(-c3ccccc3)n[nH]c2=O)cc1Br. The van der Waals surface area contributed by atoms with Gasteiger partial charge in [-0.1, -0.05) is 60.7 Å². The van der Waals surface area contributed by atoms with E-state index >= 15 is 0 Å². The number of ether oxygens (including phenoxy) is 1. The van der Waals surface area contributed by atoms with E-state index in [1.807, 2.05) is 60.7 Å². The topological polar surface area (TPSA) is 96.4 Å². The number of carbonyl (C=O) groups is 1. The maximum atomic E-state index is 13.1. The number of methoxy groups -OCH3 is 1. The molecule has 4 rings (SSSR count). The Morgan fingerprint density at radius 1 is 1.03 bits per heavy atom. The summed E-state index contributed by atoms with van der Waals surface area (Å²) in [6.07, 6.45) is 1.48. The standard InChI is InChI=1S/C25H19BrN4O3/c1-33-20-13-12-16(14-19(20)26)15-27-29-24(31)22-21(17-8-4-2-5-9-17)23(28-30-25(22)32)18-10-6-3-7-11-18/h2-15H,1H3,(H,29,31)(H,30,32)/b27-15+. The molecular weight excluding hydrogens is 484 g/mol. The van der Waals surface area contributed by atoms with Crippen molar-refractivity contribution in [3.8, 4) is 28.1 Å². The van der Waals surface area contributed by atoms with Crippen LogP contribution in [0.5, 0.6) is 5.75 Å². The predicted octanol–water partition coefficient (Wildman–Crippen LogP) is 4.64. The molecule has 3 aromatic carbocycles. The first-order chi connectivity index (χ1) is 16.1. The van der Waals surface area contributed by atoms with Crippen LogP contribution < -0.4 is 15.7 Å². The Bertz CT molecular complexity index is 1370. The normalized spacial score (nSPS) is 10.8. The second-order valence-corrected chi connectivity index (χ2v) is 7.83. The van der Waals surface area contributed by atoms with Gasteiger partial charge in [0.05, 0.1) is 23.5 Å². The molecule has 1 heterocycles. The van der Waals surface area contributed by atoms with E-state index in [0.717, 1.165) is 15.6 Å². The van der Waals surface area contributed by atoms with Crippen LogP contribution in [0.1, 0.15) is 15.9 Å². The molecule has 0 aliphatic heterocycles. The van der Waals surface area contributed by atoms with Crippen molar-refractivity contribution in [1.29, 1.82) is 0 Å². The fraction of sp³-hybridized carbons (Fsp3) is 0.0400. The summed E-state index contributed by atoms with van der Waals surface area (Å²) < 4.78 is 5.97. The number of benzene rings is 3. The summed E-state index contributed by atoms with van der Waals surface area (Å²) in [5, 5.41) is 10.7. The Morgan fingerprint density at radius 3 is 2.33 bits per heavy atom. The van der Waals surface area contributed by atoms with E-state index in [1.54, 1.807) is 25.3 Å². The molecule has 0 saturated heterocycles. The lowest BCUT2D eigenvalue weighted by Crippen LogP contribution is -2.28. The summed E-state index contributed by atoms with van der Waals surface area (Å²) in [6, 6.07) is 23.9. The lowest BCUT2D eigenvalue weighted by molar-refractivity contribution is 0.0954. The average molecular weight is 503 g/mol. The zero-order chi connectivity index (χ0) is 23.2. The number of hydrazone groups is 1. The number of aromatic amines is 1. The molecule has 7 nitrogen and oxygen atoms in total. The maximum absolute atomic E-state index is 13.1. The molecule has 4 aromatic rings. The monoisotopic (exact) mass is 502 g/mol. The number of amides is 1. The van der Waals surface area contributed by atoms with E-state index in [4.69, 9.17) is 4.74 Å². The minimum atomic E-state index is -0.640. The van der Waals surface area contributed by atoms with Crippen LogP contribution in [0, 0.1) is 0 Å². The van der Waals surface area contributed by atoms with E-state index in [9.17, 15) is 9.59 Å². The number of rotatable bonds is 6. The van der Waals surface area contributed by atoms with Crippen LogP contribution in [0.3, 0.4) is 0 Å². The van der Waals surface area contributed by atoms with Crippen molar-refractivity contribution < 1.29 is 9.53 Å². The zero-order valence-corrected chi connectivity index (χ0v) is 19.2. The Labute approximate surface area is 198 Å². The third-order valence-corrected chi connectivity index (χ3v) is 5.50. The second kappa shape index (κ2) is 10.1. The lowest BCUT2D eigenvalue weighted by atomic mass is 9.95. The molecule has 2 N–H and O–H groups in total. The minimum Gasteiger partial charge on any atom is -0.496 e. The predicted molar refractivity (Wildman–Crippen MR) is 131 cm³/mol. The molecule has 0 unspecified atom stereocenters. The van der Waals surface area contributed by atoms with E-state index in [2.05, 4.69) is 36.7 Å². The number of nitrogens with zero attached hydrogens (tertiary/aromatic N) is 2. The molecule has 1 amide bonds. The van der Waals surface area contributed by atoms with E-state index in [1.165, 1.54) is 6.21 Å². The van der Waals surface area contributed by atoms with Gasteiger partial charge in [-0.25, -0.2) is 10.5 Å². The first-order valence-corrected chi connectivity index (χ1v) is 10.8. The van der Waals surface area contributed by atoms with Crippen LogP contribution in [0.4, 0.5) is 0 Å². The highest BCUT2D eigenvalue weighted by atomic mass is 79.9. The molecule has 0 atom stereocenters. The molecule has 0 aliphatic rings. The van der Waals surface area contributed by atoms with E-state index in [0.29, 0.717) is 22.6 Å². The molecular formula is C25H19BrN4O3. The fourth-order valence-corrected chi connectivity index (χ4v) is 3.90. The number of nitrogens with one attached hydrogen (secondary N) is 2. The molecule has 0 spiro atoms.